The minimum atomic E-state index is -0.279. The number of carbonyl (C=O) groups excluding carboxylic acids is 1. The van der Waals surface area contributed by atoms with Gasteiger partial charge in [0.1, 0.15) is 17.2 Å². The van der Waals surface area contributed by atoms with Crippen LogP contribution in [0.25, 0.3) is 0 Å². The molecular formula is C10H16N4O2S. The van der Waals surface area contributed by atoms with Crippen molar-refractivity contribution in [1.82, 2.24) is 9.97 Å². The predicted molar refractivity (Wildman–Crippen MR) is 66.6 cm³/mol. The number of aromatic nitrogens is 2. The Balaban J connectivity index is 2.85. The van der Waals surface area contributed by atoms with Gasteiger partial charge in [-0.2, -0.15) is 0 Å². The summed E-state index contributed by atoms with van der Waals surface area (Å²) in [7, 11) is 1.36. The van der Waals surface area contributed by atoms with Gasteiger partial charge in [-0.05, 0) is 6.42 Å². The molecule has 0 radical (unpaired) electrons. The van der Waals surface area contributed by atoms with Crippen LogP contribution < -0.4 is 11.3 Å². The molecule has 1 heterocycles. The van der Waals surface area contributed by atoms with Gasteiger partial charge in [-0.25, -0.2) is 15.8 Å². The summed E-state index contributed by atoms with van der Waals surface area (Å²) in [6.45, 7) is 2.06. The van der Waals surface area contributed by atoms with Crippen molar-refractivity contribution in [3.8, 4) is 0 Å². The number of methoxy groups -OCH3 is 1. The smallest absolute Gasteiger partial charge is 0.316 e. The summed E-state index contributed by atoms with van der Waals surface area (Å²) < 4.78 is 4.58. The number of hydrogen-bond acceptors (Lipinski definition) is 7. The number of nitrogens with one attached hydrogen (secondary N) is 1. The molecule has 3 N–H and O–H groups in total. The fraction of sp³-hybridized carbons (Fsp3) is 0.500. The molecule has 7 heteroatoms. The van der Waals surface area contributed by atoms with Crippen LogP contribution in [0.1, 0.15) is 18.9 Å². The summed E-state index contributed by atoms with van der Waals surface area (Å²) in [5, 5.41) is 0.764. The van der Waals surface area contributed by atoms with E-state index in [0.29, 0.717) is 5.82 Å². The molecule has 0 aromatic carbocycles. The summed E-state index contributed by atoms with van der Waals surface area (Å²) >= 11 is 1.33. The van der Waals surface area contributed by atoms with E-state index in [1.54, 1.807) is 0 Å². The average Bonchev–Trinajstić information content (AvgIpc) is 2.37. The van der Waals surface area contributed by atoms with Crippen molar-refractivity contribution in [2.24, 2.45) is 5.84 Å². The van der Waals surface area contributed by atoms with Gasteiger partial charge < -0.3 is 10.2 Å². The molecule has 17 heavy (non-hydrogen) atoms. The Kier molecular flexibility index (Phi) is 5.71. The first-order chi connectivity index (χ1) is 8.22. The normalized spacial score (nSPS) is 10.1. The molecule has 94 valence electrons. The number of nitrogens with two attached hydrogens (primary N) is 1. The van der Waals surface area contributed by atoms with Crippen molar-refractivity contribution in [2.75, 3.05) is 18.3 Å². The molecule has 0 unspecified atom stereocenters. The number of carbonyl (C=O) groups is 1. The molecule has 0 atom stereocenters. The third-order valence-corrected chi connectivity index (χ3v) is 3.10. The van der Waals surface area contributed by atoms with Gasteiger partial charge in [-0.3, -0.25) is 4.79 Å². The Morgan fingerprint density at radius 3 is 2.94 bits per heavy atom. The lowest BCUT2D eigenvalue weighted by Crippen LogP contribution is -2.13. The maximum Gasteiger partial charge on any atom is 0.316 e. The number of rotatable bonds is 6. The van der Waals surface area contributed by atoms with E-state index in [1.165, 1.54) is 25.2 Å². The van der Waals surface area contributed by atoms with Crippen molar-refractivity contribution in [3.63, 3.8) is 0 Å². The highest BCUT2D eigenvalue weighted by molar-refractivity contribution is 7.99. The van der Waals surface area contributed by atoms with Gasteiger partial charge in [0.05, 0.1) is 12.9 Å². The molecule has 0 saturated heterocycles. The van der Waals surface area contributed by atoms with Gasteiger partial charge >= 0.3 is 5.97 Å². The Hall–Kier alpha value is -1.34. The molecule has 1 aromatic rings. The SMILES string of the molecule is CCCc1c(NN)ncnc1SCC(=O)OC. The lowest BCUT2D eigenvalue weighted by molar-refractivity contribution is -0.137. The second kappa shape index (κ2) is 7.08. The summed E-state index contributed by atoms with van der Waals surface area (Å²) in [5.41, 5.74) is 3.48. The fourth-order valence-electron chi connectivity index (χ4n) is 1.31. The largest absolute Gasteiger partial charge is 0.468 e. The molecule has 0 aliphatic heterocycles. The van der Waals surface area contributed by atoms with Gasteiger partial charge in [0, 0.05) is 5.56 Å². The van der Waals surface area contributed by atoms with Gasteiger partial charge in [0.2, 0.25) is 0 Å². The van der Waals surface area contributed by atoms with Gasteiger partial charge in [-0.1, -0.05) is 25.1 Å². The third kappa shape index (κ3) is 3.86. The molecule has 1 rings (SSSR count). The Morgan fingerprint density at radius 1 is 1.59 bits per heavy atom. The van der Waals surface area contributed by atoms with Crippen molar-refractivity contribution >= 4 is 23.5 Å². The number of anilines is 1. The zero-order chi connectivity index (χ0) is 12.7. The number of esters is 1. The monoisotopic (exact) mass is 256 g/mol. The standard InChI is InChI=1S/C10H16N4O2S/c1-3-4-7-9(14-11)12-6-13-10(7)17-5-8(15)16-2/h6H,3-5,11H2,1-2H3,(H,12,13,14). The average molecular weight is 256 g/mol. The molecular weight excluding hydrogens is 240 g/mol. The highest BCUT2D eigenvalue weighted by atomic mass is 32.2. The molecule has 0 bridgehead atoms. The van der Waals surface area contributed by atoms with Crippen molar-refractivity contribution in [2.45, 2.75) is 24.8 Å². The van der Waals surface area contributed by atoms with Crippen LogP contribution in [-0.4, -0.2) is 28.8 Å². The fourth-order valence-corrected chi connectivity index (χ4v) is 2.17. The maximum absolute atomic E-state index is 11.1. The van der Waals surface area contributed by atoms with E-state index < -0.39 is 0 Å². The van der Waals surface area contributed by atoms with E-state index in [1.807, 2.05) is 0 Å². The molecule has 0 spiro atoms. The first kappa shape index (κ1) is 13.7. The Labute approximate surface area is 104 Å². The Bertz CT molecular complexity index is 387. The number of nitrogens with zero attached hydrogens (tertiary/aromatic N) is 2. The topological polar surface area (TPSA) is 90.1 Å². The van der Waals surface area contributed by atoms with Crippen LogP contribution in [0.3, 0.4) is 0 Å². The lowest BCUT2D eigenvalue weighted by atomic mass is 10.2. The second-order valence-corrected chi connectivity index (χ2v) is 4.23. The van der Waals surface area contributed by atoms with Gasteiger partial charge in [-0.15, -0.1) is 0 Å². The van der Waals surface area contributed by atoms with Gasteiger partial charge in [0.15, 0.2) is 0 Å². The van der Waals surface area contributed by atoms with E-state index >= 15 is 0 Å². The van der Waals surface area contributed by atoms with Crippen LogP contribution in [0.5, 0.6) is 0 Å². The number of thioether (sulfide) groups is 1. The Morgan fingerprint density at radius 2 is 2.35 bits per heavy atom. The minimum absolute atomic E-state index is 0.230. The zero-order valence-corrected chi connectivity index (χ0v) is 10.7. The molecule has 0 fully saturated rings. The van der Waals surface area contributed by atoms with Crippen molar-refractivity contribution < 1.29 is 9.53 Å². The summed E-state index contributed by atoms with van der Waals surface area (Å²) in [5.74, 6) is 5.95. The van der Waals surface area contributed by atoms with Crippen LogP contribution in [0, 0.1) is 0 Å². The van der Waals surface area contributed by atoms with Crippen LogP contribution in [0.4, 0.5) is 5.82 Å². The number of hydrogen-bond donors (Lipinski definition) is 2. The van der Waals surface area contributed by atoms with Crippen LogP contribution >= 0.6 is 11.8 Å². The quantitative estimate of drug-likeness (QED) is 0.258. The number of ether oxygens (including phenoxy) is 1. The highest BCUT2D eigenvalue weighted by Gasteiger charge is 2.12. The number of nitrogen functional groups attached to an aromatic ring is 1. The molecule has 0 amide bonds. The van der Waals surface area contributed by atoms with Gasteiger partial charge in [0.25, 0.3) is 0 Å². The lowest BCUT2D eigenvalue weighted by Gasteiger charge is -2.10. The molecule has 0 aliphatic rings. The number of hydrazine groups is 1. The molecule has 0 aliphatic carbocycles. The third-order valence-electron chi connectivity index (χ3n) is 2.10. The second-order valence-electron chi connectivity index (χ2n) is 3.27. The molecule has 6 nitrogen and oxygen atoms in total. The summed E-state index contributed by atoms with van der Waals surface area (Å²) in [6.07, 6.45) is 3.19. The zero-order valence-electron chi connectivity index (χ0n) is 9.90. The van der Waals surface area contributed by atoms with Crippen molar-refractivity contribution in [1.29, 1.82) is 0 Å². The van der Waals surface area contributed by atoms with E-state index in [9.17, 15) is 4.79 Å². The molecule has 1 aromatic heterocycles. The highest BCUT2D eigenvalue weighted by Crippen LogP contribution is 2.25. The van der Waals surface area contributed by atoms with Crippen LogP contribution in [-0.2, 0) is 16.0 Å². The van der Waals surface area contributed by atoms with E-state index in [2.05, 4.69) is 27.1 Å². The van der Waals surface area contributed by atoms with E-state index in [-0.39, 0.29) is 11.7 Å². The first-order valence-electron chi connectivity index (χ1n) is 5.23. The van der Waals surface area contributed by atoms with Crippen LogP contribution in [0.15, 0.2) is 11.4 Å². The minimum Gasteiger partial charge on any atom is -0.468 e. The molecule has 0 saturated carbocycles. The predicted octanol–water partition coefficient (Wildman–Crippen LogP) is 0.980. The first-order valence-corrected chi connectivity index (χ1v) is 6.21. The maximum atomic E-state index is 11.1. The van der Waals surface area contributed by atoms with E-state index in [0.717, 1.165) is 23.4 Å². The van der Waals surface area contributed by atoms with E-state index in [4.69, 9.17) is 5.84 Å². The van der Waals surface area contributed by atoms with Crippen molar-refractivity contribution in [3.05, 3.63) is 11.9 Å². The summed E-state index contributed by atoms with van der Waals surface area (Å²) in [4.78, 5) is 19.3. The van der Waals surface area contributed by atoms with Crippen LogP contribution in [0.2, 0.25) is 0 Å². The summed E-state index contributed by atoms with van der Waals surface area (Å²) in [6, 6.07) is 0.